The molecule has 0 spiro atoms. The van der Waals surface area contributed by atoms with Crippen molar-refractivity contribution in [2.45, 2.75) is 30.1 Å². The summed E-state index contributed by atoms with van der Waals surface area (Å²) in [6.07, 6.45) is 3.89. The predicted octanol–water partition coefficient (Wildman–Crippen LogP) is 3.52. The van der Waals surface area contributed by atoms with E-state index >= 15 is 0 Å². The molecule has 1 N–H and O–H groups in total. The lowest BCUT2D eigenvalue weighted by Gasteiger charge is -2.20. The second-order valence-electron chi connectivity index (χ2n) is 4.77. The minimum Gasteiger partial charge on any atom is -0.495 e. The fourth-order valence-electron chi connectivity index (χ4n) is 2.45. The van der Waals surface area contributed by atoms with E-state index in [0.717, 1.165) is 12.8 Å². The van der Waals surface area contributed by atoms with Gasteiger partial charge in [0.2, 0.25) is 0 Å². The summed E-state index contributed by atoms with van der Waals surface area (Å²) in [7, 11) is 1.54. The van der Waals surface area contributed by atoms with Crippen molar-refractivity contribution in [2.75, 3.05) is 13.4 Å². The molecule has 3 nitrogen and oxygen atoms in total. The summed E-state index contributed by atoms with van der Waals surface area (Å²) in [5.74, 6) is -0.396. The SMILES string of the molecule is COc1c(SC)cc(F)cc1C(CC(=O)O)C1CC1. The van der Waals surface area contributed by atoms with Crippen LogP contribution >= 0.6 is 11.8 Å². The first kappa shape index (κ1) is 14.2. The third-order valence-electron chi connectivity index (χ3n) is 3.46. The minimum atomic E-state index is -0.853. The van der Waals surface area contributed by atoms with Crippen LogP contribution in [-0.4, -0.2) is 24.4 Å². The number of hydrogen-bond donors (Lipinski definition) is 1. The molecule has 1 fully saturated rings. The van der Waals surface area contributed by atoms with Gasteiger partial charge in [-0.2, -0.15) is 0 Å². The third-order valence-corrected chi connectivity index (χ3v) is 4.20. The molecule has 19 heavy (non-hydrogen) atoms. The van der Waals surface area contributed by atoms with Crippen LogP contribution in [0.15, 0.2) is 17.0 Å². The van der Waals surface area contributed by atoms with E-state index in [4.69, 9.17) is 9.84 Å². The molecule has 0 bridgehead atoms. The summed E-state index contributed by atoms with van der Waals surface area (Å²) < 4.78 is 19.1. The highest BCUT2D eigenvalue weighted by molar-refractivity contribution is 7.98. The maximum atomic E-state index is 13.7. The Morgan fingerprint density at radius 1 is 1.58 bits per heavy atom. The summed E-state index contributed by atoms with van der Waals surface area (Å²) >= 11 is 1.40. The molecule has 0 heterocycles. The smallest absolute Gasteiger partial charge is 0.303 e. The van der Waals surface area contributed by atoms with Crippen molar-refractivity contribution in [1.82, 2.24) is 0 Å². The number of methoxy groups -OCH3 is 1. The second-order valence-corrected chi connectivity index (χ2v) is 5.62. The van der Waals surface area contributed by atoms with Gasteiger partial charge in [-0.3, -0.25) is 4.79 Å². The molecule has 1 aromatic carbocycles. The number of carboxylic acid groups (broad SMARTS) is 1. The van der Waals surface area contributed by atoms with Crippen LogP contribution in [0, 0.1) is 11.7 Å². The number of benzene rings is 1. The van der Waals surface area contributed by atoms with Crippen molar-refractivity contribution in [3.05, 3.63) is 23.5 Å². The lowest BCUT2D eigenvalue weighted by atomic mass is 9.90. The highest BCUT2D eigenvalue weighted by atomic mass is 32.2. The van der Waals surface area contributed by atoms with Crippen molar-refractivity contribution in [2.24, 2.45) is 5.92 Å². The lowest BCUT2D eigenvalue weighted by molar-refractivity contribution is -0.137. The van der Waals surface area contributed by atoms with Gasteiger partial charge >= 0.3 is 5.97 Å². The Bertz CT molecular complexity index is 486. The Hall–Kier alpha value is -1.23. The van der Waals surface area contributed by atoms with Crippen LogP contribution in [0.1, 0.15) is 30.7 Å². The Morgan fingerprint density at radius 3 is 2.74 bits per heavy atom. The summed E-state index contributed by atoms with van der Waals surface area (Å²) in [6, 6.07) is 2.85. The van der Waals surface area contributed by atoms with Crippen LogP contribution in [-0.2, 0) is 4.79 Å². The van der Waals surface area contributed by atoms with Crippen LogP contribution in [0.3, 0.4) is 0 Å². The second kappa shape index (κ2) is 5.82. The third kappa shape index (κ3) is 3.21. The van der Waals surface area contributed by atoms with Crippen molar-refractivity contribution in [3.63, 3.8) is 0 Å². The maximum absolute atomic E-state index is 13.7. The minimum absolute atomic E-state index is 0.0261. The van der Waals surface area contributed by atoms with Crippen molar-refractivity contribution < 1.29 is 19.0 Å². The molecule has 2 rings (SSSR count). The highest BCUT2D eigenvalue weighted by Crippen LogP contribution is 2.48. The number of carboxylic acids is 1. The number of halogens is 1. The standard InChI is InChI=1S/C14H17FO3S/c1-18-14-11(5-9(15)6-12(14)19-2)10(7-13(16)17)8-3-4-8/h5-6,8,10H,3-4,7H2,1-2H3,(H,16,17). The zero-order chi connectivity index (χ0) is 14.0. The van der Waals surface area contributed by atoms with Crippen LogP contribution < -0.4 is 4.74 Å². The topological polar surface area (TPSA) is 46.5 Å². The largest absolute Gasteiger partial charge is 0.495 e. The molecule has 1 aliphatic carbocycles. The molecule has 1 saturated carbocycles. The summed E-state index contributed by atoms with van der Waals surface area (Å²) in [5, 5.41) is 9.04. The molecule has 1 aromatic rings. The van der Waals surface area contributed by atoms with Gasteiger partial charge in [-0.25, -0.2) is 4.39 Å². The molecule has 1 aliphatic rings. The number of hydrogen-bond acceptors (Lipinski definition) is 3. The summed E-state index contributed by atoms with van der Waals surface area (Å²) in [4.78, 5) is 11.7. The number of carbonyl (C=O) groups is 1. The molecule has 0 aromatic heterocycles. The first-order chi connectivity index (χ1) is 9.06. The van der Waals surface area contributed by atoms with Gasteiger partial charge in [-0.05, 0) is 37.1 Å². The summed E-state index contributed by atoms with van der Waals surface area (Å²) in [5.41, 5.74) is 0.691. The average molecular weight is 284 g/mol. The van der Waals surface area contributed by atoms with Crippen LogP contribution in [0.2, 0.25) is 0 Å². The quantitative estimate of drug-likeness (QED) is 0.812. The van der Waals surface area contributed by atoms with Gasteiger partial charge in [-0.15, -0.1) is 11.8 Å². The van der Waals surface area contributed by atoms with E-state index in [0.29, 0.717) is 22.1 Å². The fourth-order valence-corrected chi connectivity index (χ4v) is 3.07. The first-order valence-electron chi connectivity index (χ1n) is 6.20. The molecule has 1 unspecified atom stereocenters. The molecular weight excluding hydrogens is 267 g/mol. The predicted molar refractivity (Wildman–Crippen MR) is 72.5 cm³/mol. The van der Waals surface area contributed by atoms with Gasteiger partial charge in [0, 0.05) is 11.5 Å². The van der Waals surface area contributed by atoms with Gasteiger partial charge in [0.15, 0.2) is 0 Å². The Morgan fingerprint density at radius 2 is 2.26 bits per heavy atom. The Labute approximate surface area is 116 Å². The number of aliphatic carboxylic acids is 1. The van der Waals surface area contributed by atoms with Crippen LogP contribution in [0.25, 0.3) is 0 Å². The molecule has 0 aliphatic heterocycles. The molecule has 0 radical (unpaired) electrons. The van der Waals surface area contributed by atoms with E-state index in [-0.39, 0.29) is 18.2 Å². The lowest BCUT2D eigenvalue weighted by Crippen LogP contribution is -2.10. The average Bonchev–Trinajstić information content (AvgIpc) is 3.18. The molecule has 104 valence electrons. The Kier molecular flexibility index (Phi) is 4.34. The zero-order valence-corrected chi connectivity index (χ0v) is 11.8. The number of rotatable bonds is 6. The van der Waals surface area contributed by atoms with Gasteiger partial charge < -0.3 is 9.84 Å². The van der Waals surface area contributed by atoms with E-state index in [2.05, 4.69) is 0 Å². The maximum Gasteiger partial charge on any atom is 0.303 e. The first-order valence-corrected chi connectivity index (χ1v) is 7.42. The number of thioether (sulfide) groups is 1. The van der Waals surface area contributed by atoms with Crippen molar-refractivity contribution in [3.8, 4) is 5.75 Å². The van der Waals surface area contributed by atoms with Gasteiger partial charge in [-0.1, -0.05) is 0 Å². The van der Waals surface area contributed by atoms with Crippen molar-refractivity contribution in [1.29, 1.82) is 0 Å². The van der Waals surface area contributed by atoms with Gasteiger partial charge in [0.05, 0.1) is 18.4 Å². The monoisotopic (exact) mass is 284 g/mol. The van der Waals surface area contributed by atoms with E-state index in [9.17, 15) is 9.18 Å². The van der Waals surface area contributed by atoms with E-state index in [1.807, 2.05) is 6.26 Å². The van der Waals surface area contributed by atoms with Gasteiger partial charge in [0.1, 0.15) is 11.6 Å². The Balaban J connectivity index is 2.45. The molecule has 1 atom stereocenters. The molecular formula is C14H17FO3S. The highest BCUT2D eigenvalue weighted by Gasteiger charge is 2.36. The van der Waals surface area contributed by atoms with E-state index in [1.165, 1.54) is 23.9 Å². The fraction of sp³-hybridized carbons (Fsp3) is 0.500. The van der Waals surface area contributed by atoms with Crippen LogP contribution in [0.5, 0.6) is 5.75 Å². The van der Waals surface area contributed by atoms with Crippen molar-refractivity contribution >= 4 is 17.7 Å². The van der Waals surface area contributed by atoms with Gasteiger partial charge in [0.25, 0.3) is 0 Å². The number of ether oxygens (including phenoxy) is 1. The van der Waals surface area contributed by atoms with Crippen LogP contribution in [0.4, 0.5) is 4.39 Å². The zero-order valence-electron chi connectivity index (χ0n) is 11.0. The van der Waals surface area contributed by atoms with E-state index in [1.54, 1.807) is 7.11 Å². The summed E-state index contributed by atoms with van der Waals surface area (Å²) in [6.45, 7) is 0. The van der Waals surface area contributed by atoms with E-state index < -0.39 is 5.97 Å². The molecule has 5 heteroatoms. The normalized spacial score (nSPS) is 16.2. The molecule has 0 saturated heterocycles. The molecule has 0 amide bonds.